The number of piperidine rings is 1. The van der Waals surface area contributed by atoms with Gasteiger partial charge in [0.15, 0.2) is 5.69 Å². The highest BCUT2D eigenvalue weighted by atomic mass is 19.4. The maximum Gasteiger partial charge on any atom is 0.391 e. The van der Waals surface area contributed by atoms with E-state index >= 15 is 0 Å². The first kappa shape index (κ1) is 17.3. The zero-order valence-corrected chi connectivity index (χ0v) is 12.1. The van der Waals surface area contributed by atoms with E-state index in [2.05, 4.69) is 10.2 Å². The number of nitrogens with zero attached hydrogens (tertiary/aromatic N) is 2. The Bertz CT molecular complexity index is 573. The number of hydrogen-bond acceptors (Lipinski definition) is 4. The molecular formula is C13H16F3N3O4. The van der Waals surface area contributed by atoms with Crippen LogP contribution in [0.15, 0.2) is 6.07 Å². The van der Waals surface area contributed by atoms with Crippen molar-refractivity contribution < 1.29 is 32.6 Å². The molecule has 2 heterocycles. The van der Waals surface area contributed by atoms with Crippen LogP contribution in [0, 0.1) is 0 Å². The first-order valence-corrected chi connectivity index (χ1v) is 7.02. The first-order valence-electron chi connectivity index (χ1n) is 7.02. The quantitative estimate of drug-likeness (QED) is 0.853. The highest BCUT2D eigenvalue weighted by Crippen LogP contribution is 2.21. The lowest BCUT2D eigenvalue weighted by Gasteiger charge is -2.32. The van der Waals surface area contributed by atoms with Crippen molar-refractivity contribution >= 4 is 11.9 Å². The summed E-state index contributed by atoms with van der Waals surface area (Å²) >= 11 is 0. The number of aromatic carboxylic acids is 1. The molecule has 2 rings (SSSR count). The van der Waals surface area contributed by atoms with Crippen molar-refractivity contribution in [3.05, 3.63) is 17.5 Å². The van der Waals surface area contributed by atoms with Gasteiger partial charge in [0, 0.05) is 19.2 Å². The fraction of sp³-hybridized carbons (Fsp3) is 0.615. The molecule has 1 saturated heterocycles. The van der Waals surface area contributed by atoms with Gasteiger partial charge >= 0.3 is 12.1 Å². The van der Waals surface area contributed by atoms with Gasteiger partial charge in [-0.15, -0.1) is 0 Å². The van der Waals surface area contributed by atoms with Crippen molar-refractivity contribution in [2.75, 3.05) is 19.7 Å². The Morgan fingerprint density at radius 3 is 2.83 bits per heavy atom. The Morgan fingerprint density at radius 1 is 1.48 bits per heavy atom. The number of hydrogen-bond donors (Lipinski definition) is 2. The highest BCUT2D eigenvalue weighted by molar-refractivity contribution is 5.95. The number of likely N-dealkylation sites (tertiary alicyclic amines) is 1. The molecule has 1 atom stereocenters. The van der Waals surface area contributed by atoms with Crippen LogP contribution in [0.2, 0.25) is 0 Å². The van der Waals surface area contributed by atoms with Crippen molar-refractivity contribution in [2.45, 2.75) is 31.5 Å². The third-order valence-electron chi connectivity index (χ3n) is 3.43. The van der Waals surface area contributed by atoms with E-state index in [1.807, 2.05) is 0 Å². The molecule has 23 heavy (non-hydrogen) atoms. The molecule has 128 valence electrons. The summed E-state index contributed by atoms with van der Waals surface area (Å²) in [4.78, 5) is 24.4. The number of carbonyl (C=O) groups is 2. The van der Waals surface area contributed by atoms with Crippen molar-refractivity contribution in [2.24, 2.45) is 0 Å². The zero-order valence-electron chi connectivity index (χ0n) is 12.1. The van der Waals surface area contributed by atoms with Crippen LogP contribution in [-0.2, 0) is 4.74 Å². The van der Waals surface area contributed by atoms with Crippen LogP contribution in [0.1, 0.15) is 40.2 Å². The summed E-state index contributed by atoms with van der Waals surface area (Å²) in [5.41, 5.74) is -0.248. The number of carboxylic acid groups (broad SMARTS) is 1. The van der Waals surface area contributed by atoms with Gasteiger partial charge in [-0.2, -0.15) is 18.3 Å². The Kier molecular flexibility index (Phi) is 5.24. The largest absolute Gasteiger partial charge is 0.477 e. The van der Waals surface area contributed by atoms with Crippen LogP contribution in [0.25, 0.3) is 0 Å². The lowest BCUT2D eigenvalue weighted by Crippen LogP contribution is -2.43. The van der Waals surface area contributed by atoms with E-state index in [-0.39, 0.29) is 17.9 Å². The summed E-state index contributed by atoms with van der Waals surface area (Å²) in [5.74, 6) is -1.71. The number of aromatic amines is 1. The maximum atomic E-state index is 12.2. The SMILES string of the molecule is O=C(O)c1cc(C(=O)N2CCCC(OCCC(F)(F)F)C2)n[nH]1. The summed E-state index contributed by atoms with van der Waals surface area (Å²) in [6.45, 7) is 0.140. The number of aromatic nitrogens is 2. The predicted octanol–water partition coefficient (Wildman–Crippen LogP) is 1.68. The van der Waals surface area contributed by atoms with Gasteiger partial charge in [-0.05, 0) is 12.8 Å². The standard InChI is InChI=1S/C13H16F3N3O4/c14-13(15,16)3-5-23-8-2-1-4-19(7-8)11(20)9-6-10(12(21)22)18-17-9/h6,8H,1-5,7H2,(H,17,18)(H,21,22). The molecule has 1 aromatic rings. The fourth-order valence-electron chi connectivity index (χ4n) is 2.30. The van der Waals surface area contributed by atoms with Crippen LogP contribution in [0.5, 0.6) is 0 Å². The molecule has 0 bridgehead atoms. The summed E-state index contributed by atoms with van der Waals surface area (Å²) in [5, 5.41) is 14.7. The molecule has 0 saturated carbocycles. The summed E-state index contributed by atoms with van der Waals surface area (Å²) < 4.78 is 41.5. The Balaban J connectivity index is 1.89. The van der Waals surface area contributed by atoms with Crippen molar-refractivity contribution in [3.63, 3.8) is 0 Å². The van der Waals surface area contributed by atoms with Gasteiger partial charge in [-0.3, -0.25) is 9.89 Å². The van der Waals surface area contributed by atoms with Crippen molar-refractivity contribution in [1.29, 1.82) is 0 Å². The number of halogens is 3. The highest BCUT2D eigenvalue weighted by Gasteiger charge is 2.30. The Hall–Kier alpha value is -2.10. The molecule has 0 radical (unpaired) electrons. The normalized spacial score (nSPS) is 18.9. The van der Waals surface area contributed by atoms with Crippen LogP contribution in [-0.4, -0.2) is 64.1 Å². The predicted molar refractivity (Wildman–Crippen MR) is 71.1 cm³/mol. The van der Waals surface area contributed by atoms with Crippen LogP contribution < -0.4 is 0 Å². The molecular weight excluding hydrogens is 319 g/mol. The molecule has 1 aliphatic rings. The molecule has 1 aliphatic heterocycles. The number of rotatable bonds is 5. The lowest BCUT2D eigenvalue weighted by atomic mass is 10.1. The van der Waals surface area contributed by atoms with Crippen LogP contribution in [0.3, 0.4) is 0 Å². The molecule has 2 N–H and O–H groups in total. The Labute approximate surface area is 129 Å². The summed E-state index contributed by atoms with van der Waals surface area (Å²) in [7, 11) is 0. The summed E-state index contributed by atoms with van der Waals surface area (Å²) in [6.07, 6.45) is -4.60. The maximum absolute atomic E-state index is 12.2. The van der Waals surface area contributed by atoms with Crippen LogP contribution in [0.4, 0.5) is 13.2 Å². The number of carbonyl (C=O) groups excluding carboxylic acids is 1. The van der Waals surface area contributed by atoms with Gasteiger partial charge in [0.1, 0.15) is 5.69 Å². The molecule has 0 aromatic carbocycles. The van der Waals surface area contributed by atoms with E-state index in [4.69, 9.17) is 9.84 Å². The molecule has 10 heteroatoms. The van der Waals surface area contributed by atoms with E-state index in [0.29, 0.717) is 19.4 Å². The van der Waals surface area contributed by atoms with Gasteiger partial charge < -0.3 is 14.7 Å². The minimum Gasteiger partial charge on any atom is -0.477 e. The third-order valence-corrected chi connectivity index (χ3v) is 3.43. The molecule has 1 unspecified atom stereocenters. The summed E-state index contributed by atoms with van der Waals surface area (Å²) in [6, 6.07) is 1.12. The Morgan fingerprint density at radius 2 is 2.22 bits per heavy atom. The van der Waals surface area contributed by atoms with E-state index < -0.39 is 37.2 Å². The fourth-order valence-corrected chi connectivity index (χ4v) is 2.30. The lowest BCUT2D eigenvalue weighted by molar-refractivity contribution is -0.150. The second-order valence-corrected chi connectivity index (χ2v) is 5.22. The number of ether oxygens (including phenoxy) is 1. The molecule has 7 nitrogen and oxygen atoms in total. The van der Waals surface area contributed by atoms with Gasteiger partial charge in [-0.25, -0.2) is 4.79 Å². The molecule has 1 amide bonds. The zero-order chi connectivity index (χ0) is 17.0. The number of amides is 1. The van der Waals surface area contributed by atoms with Gasteiger partial charge in [0.2, 0.25) is 0 Å². The van der Waals surface area contributed by atoms with Crippen LogP contribution >= 0.6 is 0 Å². The number of carboxylic acids is 1. The van der Waals surface area contributed by atoms with Gasteiger partial charge in [0.25, 0.3) is 5.91 Å². The third kappa shape index (κ3) is 4.95. The molecule has 0 aliphatic carbocycles. The topological polar surface area (TPSA) is 95.5 Å². The first-order chi connectivity index (χ1) is 10.8. The van der Waals surface area contributed by atoms with E-state index in [0.717, 1.165) is 6.07 Å². The van der Waals surface area contributed by atoms with Gasteiger partial charge in [0.05, 0.1) is 19.1 Å². The molecule has 0 spiro atoms. The molecule has 1 aromatic heterocycles. The minimum atomic E-state index is -4.27. The number of alkyl halides is 3. The van der Waals surface area contributed by atoms with E-state index in [1.165, 1.54) is 4.90 Å². The average molecular weight is 335 g/mol. The number of H-pyrrole nitrogens is 1. The number of nitrogens with one attached hydrogen (secondary N) is 1. The minimum absolute atomic E-state index is 0.0432. The van der Waals surface area contributed by atoms with Crippen molar-refractivity contribution in [3.8, 4) is 0 Å². The second kappa shape index (κ2) is 6.99. The van der Waals surface area contributed by atoms with E-state index in [9.17, 15) is 22.8 Å². The average Bonchev–Trinajstić information content (AvgIpc) is 2.95. The van der Waals surface area contributed by atoms with Gasteiger partial charge in [-0.1, -0.05) is 0 Å². The smallest absolute Gasteiger partial charge is 0.391 e. The van der Waals surface area contributed by atoms with E-state index in [1.54, 1.807) is 0 Å². The van der Waals surface area contributed by atoms with Crippen molar-refractivity contribution in [1.82, 2.24) is 15.1 Å². The second-order valence-electron chi connectivity index (χ2n) is 5.22. The molecule has 1 fully saturated rings. The monoisotopic (exact) mass is 335 g/mol.